The van der Waals surface area contributed by atoms with E-state index >= 15 is 0 Å². The van der Waals surface area contributed by atoms with E-state index in [2.05, 4.69) is 179 Å². The van der Waals surface area contributed by atoms with Gasteiger partial charge >= 0.3 is 0 Å². The van der Waals surface area contributed by atoms with Gasteiger partial charge in [-0.05, 0) is 106 Å². The van der Waals surface area contributed by atoms with Crippen LogP contribution >= 0.6 is 0 Å². The van der Waals surface area contributed by atoms with Crippen molar-refractivity contribution in [2.75, 3.05) is 0 Å². The molecule has 12 aromatic rings. The van der Waals surface area contributed by atoms with Gasteiger partial charge in [0.05, 0.1) is 22.4 Å². The second kappa shape index (κ2) is 13.8. The Kier molecular flexibility index (Phi) is 7.78. The lowest BCUT2D eigenvalue weighted by atomic mass is 9.99. The second-order valence-electron chi connectivity index (χ2n) is 15.3. The van der Waals surface area contributed by atoms with E-state index in [1.165, 1.54) is 16.2 Å². The summed E-state index contributed by atoms with van der Waals surface area (Å²) in [7, 11) is 0. The summed E-state index contributed by atoms with van der Waals surface area (Å²) in [5, 5.41) is 7.00. The van der Waals surface area contributed by atoms with Crippen LogP contribution in [0.3, 0.4) is 0 Å². The van der Waals surface area contributed by atoms with Gasteiger partial charge in [-0.25, -0.2) is 9.97 Å². The molecule has 0 amide bonds. The number of hydrogen-bond acceptors (Lipinski definition) is 4. The monoisotopic (exact) mass is 766 g/mol. The quantitative estimate of drug-likeness (QED) is 0.169. The van der Waals surface area contributed by atoms with Crippen LogP contribution in [0.4, 0.5) is 0 Å². The highest BCUT2D eigenvalue weighted by molar-refractivity contribution is 6.11. The molecule has 0 unspecified atom stereocenters. The zero-order valence-electron chi connectivity index (χ0n) is 32.3. The summed E-state index contributed by atoms with van der Waals surface area (Å²) in [6.45, 7) is 0. The standard InChI is InChI=1S/C55H34N4O/c1-2-15-43-36(10-1)11-8-18-44(43)50-33-49(41-14-9-29-56-34-41)57-55(58-50)40-13-7-12-37(30-40)38-24-28-52-48(31-38)45-16-3-5-19-51(45)59(52)42-25-21-35(22-26-42)39-23-27-47-46-17-4-6-20-53(46)60-54(47)32-39/h1-34H. The maximum atomic E-state index is 6.21. The summed E-state index contributed by atoms with van der Waals surface area (Å²) < 4.78 is 8.57. The minimum Gasteiger partial charge on any atom is -0.456 e. The van der Waals surface area contributed by atoms with Crippen LogP contribution in [0.15, 0.2) is 211 Å². The van der Waals surface area contributed by atoms with E-state index in [0.29, 0.717) is 5.82 Å². The topological polar surface area (TPSA) is 56.7 Å². The van der Waals surface area contributed by atoms with Gasteiger partial charge in [0.15, 0.2) is 5.82 Å². The molecule has 12 rings (SSSR count). The second-order valence-corrected chi connectivity index (χ2v) is 15.3. The molecule has 0 N–H and O–H groups in total. The molecule has 8 aromatic carbocycles. The maximum absolute atomic E-state index is 6.21. The first kappa shape index (κ1) is 33.9. The molecule has 60 heavy (non-hydrogen) atoms. The van der Waals surface area contributed by atoms with Gasteiger partial charge in [-0.1, -0.05) is 121 Å². The Bertz CT molecular complexity index is 3600. The van der Waals surface area contributed by atoms with E-state index in [1.807, 2.05) is 30.5 Å². The van der Waals surface area contributed by atoms with Gasteiger partial charge in [0, 0.05) is 56.3 Å². The minimum absolute atomic E-state index is 0.666. The molecule has 0 spiro atoms. The molecule has 0 aliphatic rings. The van der Waals surface area contributed by atoms with E-state index in [-0.39, 0.29) is 0 Å². The molecule has 0 atom stereocenters. The zero-order chi connectivity index (χ0) is 39.6. The van der Waals surface area contributed by atoms with Crippen LogP contribution in [0.2, 0.25) is 0 Å². The third-order valence-corrected chi connectivity index (χ3v) is 11.7. The molecule has 4 aromatic heterocycles. The number of fused-ring (bicyclic) bond motifs is 7. The molecule has 0 fully saturated rings. The van der Waals surface area contributed by atoms with Crippen molar-refractivity contribution in [1.82, 2.24) is 19.5 Å². The molecule has 5 nitrogen and oxygen atoms in total. The molecular weight excluding hydrogens is 733 g/mol. The van der Waals surface area contributed by atoms with Crippen LogP contribution < -0.4 is 0 Å². The average Bonchev–Trinajstić information content (AvgIpc) is 3.86. The van der Waals surface area contributed by atoms with Crippen LogP contribution in [0, 0.1) is 0 Å². The lowest BCUT2D eigenvalue weighted by Crippen LogP contribution is -1.97. The van der Waals surface area contributed by atoms with Gasteiger partial charge in [0.1, 0.15) is 11.2 Å². The minimum atomic E-state index is 0.666. The Morgan fingerprint density at radius 2 is 1.05 bits per heavy atom. The first-order valence-corrected chi connectivity index (χ1v) is 20.2. The molecule has 0 bridgehead atoms. The lowest BCUT2D eigenvalue weighted by Gasteiger charge is -2.12. The van der Waals surface area contributed by atoms with Crippen molar-refractivity contribution >= 4 is 54.5 Å². The normalized spacial score (nSPS) is 11.7. The number of pyridine rings is 1. The van der Waals surface area contributed by atoms with Crippen LogP contribution in [-0.2, 0) is 0 Å². The molecule has 0 saturated heterocycles. The highest BCUT2D eigenvalue weighted by Gasteiger charge is 2.17. The molecule has 0 radical (unpaired) electrons. The highest BCUT2D eigenvalue weighted by Crippen LogP contribution is 2.38. The number of furan rings is 1. The van der Waals surface area contributed by atoms with E-state index in [9.17, 15) is 0 Å². The van der Waals surface area contributed by atoms with Crippen molar-refractivity contribution in [3.63, 3.8) is 0 Å². The number of aromatic nitrogens is 4. The van der Waals surface area contributed by atoms with Crippen LogP contribution in [-0.4, -0.2) is 19.5 Å². The summed E-state index contributed by atoms with van der Waals surface area (Å²) in [5.41, 5.74) is 14.4. The predicted molar refractivity (Wildman–Crippen MR) is 246 cm³/mol. The Morgan fingerprint density at radius 1 is 0.383 bits per heavy atom. The fraction of sp³-hybridized carbons (Fsp3) is 0. The lowest BCUT2D eigenvalue weighted by molar-refractivity contribution is 0.669. The van der Waals surface area contributed by atoms with E-state index in [1.54, 1.807) is 6.20 Å². The van der Waals surface area contributed by atoms with Gasteiger partial charge in [-0.3, -0.25) is 4.98 Å². The maximum Gasteiger partial charge on any atom is 0.160 e. The number of benzene rings is 8. The molecule has 5 heteroatoms. The van der Waals surface area contributed by atoms with Crippen molar-refractivity contribution in [2.24, 2.45) is 0 Å². The van der Waals surface area contributed by atoms with Crippen molar-refractivity contribution in [1.29, 1.82) is 0 Å². The number of hydrogen-bond donors (Lipinski definition) is 0. The van der Waals surface area contributed by atoms with Gasteiger partial charge in [-0.2, -0.15) is 0 Å². The summed E-state index contributed by atoms with van der Waals surface area (Å²) in [5.74, 6) is 0.666. The van der Waals surface area contributed by atoms with Crippen molar-refractivity contribution in [3.8, 4) is 61.8 Å². The summed E-state index contributed by atoms with van der Waals surface area (Å²) in [4.78, 5) is 14.8. The first-order chi connectivity index (χ1) is 29.7. The number of para-hydroxylation sites is 2. The average molecular weight is 767 g/mol. The van der Waals surface area contributed by atoms with Crippen molar-refractivity contribution in [2.45, 2.75) is 0 Å². The summed E-state index contributed by atoms with van der Waals surface area (Å²) in [6.07, 6.45) is 3.65. The Balaban J connectivity index is 0.931. The summed E-state index contributed by atoms with van der Waals surface area (Å²) >= 11 is 0. The number of rotatable bonds is 6. The first-order valence-electron chi connectivity index (χ1n) is 20.2. The SMILES string of the molecule is c1cncc(-c2cc(-c3cccc4ccccc34)nc(-c3cccc(-c4ccc5c(c4)c4ccccc4n5-c4ccc(-c5ccc6c(c5)oc5ccccc56)cc4)c3)n2)c1. The van der Waals surface area contributed by atoms with Crippen LogP contribution in [0.5, 0.6) is 0 Å². The molecule has 280 valence electrons. The molecule has 0 aliphatic heterocycles. The van der Waals surface area contributed by atoms with E-state index in [0.717, 1.165) is 94.4 Å². The third-order valence-electron chi connectivity index (χ3n) is 11.7. The van der Waals surface area contributed by atoms with Crippen molar-refractivity contribution in [3.05, 3.63) is 207 Å². The van der Waals surface area contributed by atoms with Crippen LogP contribution in [0.1, 0.15) is 0 Å². The predicted octanol–water partition coefficient (Wildman–Crippen LogP) is 14.4. The Morgan fingerprint density at radius 3 is 1.95 bits per heavy atom. The molecule has 0 aliphatic carbocycles. The van der Waals surface area contributed by atoms with Gasteiger partial charge in [-0.15, -0.1) is 0 Å². The molecule has 4 heterocycles. The zero-order valence-corrected chi connectivity index (χ0v) is 32.3. The fourth-order valence-corrected chi connectivity index (χ4v) is 8.80. The Hall–Kier alpha value is -8.15. The third kappa shape index (κ3) is 5.67. The van der Waals surface area contributed by atoms with Gasteiger partial charge < -0.3 is 8.98 Å². The van der Waals surface area contributed by atoms with Gasteiger partial charge in [0.2, 0.25) is 0 Å². The van der Waals surface area contributed by atoms with E-state index in [4.69, 9.17) is 14.4 Å². The van der Waals surface area contributed by atoms with Crippen LogP contribution in [0.25, 0.3) is 116 Å². The Labute approximate surface area is 345 Å². The summed E-state index contributed by atoms with van der Waals surface area (Å²) in [6, 6.07) is 68.5. The largest absolute Gasteiger partial charge is 0.456 e. The van der Waals surface area contributed by atoms with E-state index < -0.39 is 0 Å². The van der Waals surface area contributed by atoms with Crippen molar-refractivity contribution < 1.29 is 4.42 Å². The van der Waals surface area contributed by atoms with Gasteiger partial charge in [0.25, 0.3) is 0 Å². The number of nitrogens with zero attached hydrogens (tertiary/aromatic N) is 4. The molecule has 0 saturated carbocycles. The fourth-order valence-electron chi connectivity index (χ4n) is 8.80. The molecular formula is C55H34N4O. The smallest absolute Gasteiger partial charge is 0.160 e. The highest BCUT2D eigenvalue weighted by atomic mass is 16.3.